The van der Waals surface area contributed by atoms with Gasteiger partial charge in [-0.3, -0.25) is 4.79 Å². The number of hydrogen-bond donors (Lipinski definition) is 3. The number of benzene rings is 1. The quantitative estimate of drug-likeness (QED) is 0.376. The maximum absolute atomic E-state index is 12.2. The van der Waals surface area contributed by atoms with E-state index in [0.717, 1.165) is 12.0 Å². The molecule has 0 radical (unpaired) electrons. The summed E-state index contributed by atoms with van der Waals surface area (Å²) in [4.78, 5) is 20.4. The number of ether oxygens (including phenoxy) is 2. The number of aliphatic imine (C=N–C) groups is 1. The van der Waals surface area contributed by atoms with E-state index in [1.807, 2.05) is 18.2 Å². The van der Waals surface area contributed by atoms with Crippen LogP contribution in [0.5, 0.6) is 0 Å². The Hall–Kier alpha value is -3.13. The van der Waals surface area contributed by atoms with Gasteiger partial charge < -0.3 is 26.3 Å². The van der Waals surface area contributed by atoms with E-state index >= 15 is 0 Å². The second kappa shape index (κ2) is 10.00. The first-order valence-corrected chi connectivity index (χ1v) is 8.12. The van der Waals surface area contributed by atoms with Crippen LogP contribution in [0.25, 0.3) is 0 Å². The van der Waals surface area contributed by atoms with E-state index in [1.54, 1.807) is 25.3 Å². The van der Waals surface area contributed by atoms with E-state index in [9.17, 15) is 4.79 Å². The molecule has 5 N–H and O–H groups in total. The fraction of sp³-hybridized carbons (Fsp3) is 0.278. The van der Waals surface area contributed by atoms with Crippen LogP contribution in [-0.2, 0) is 16.0 Å². The number of amidine groups is 1. The summed E-state index contributed by atoms with van der Waals surface area (Å²) in [5.41, 5.74) is 13.6. The van der Waals surface area contributed by atoms with Crippen molar-refractivity contribution >= 4 is 23.3 Å². The van der Waals surface area contributed by atoms with Gasteiger partial charge in [0.25, 0.3) is 11.9 Å². The summed E-state index contributed by atoms with van der Waals surface area (Å²) in [6.45, 7) is 1.41. The monoisotopic (exact) mass is 357 g/mol. The van der Waals surface area contributed by atoms with Gasteiger partial charge in [0.2, 0.25) is 0 Å². The molecule has 0 atom stereocenters. The summed E-state index contributed by atoms with van der Waals surface area (Å²) in [5, 5.41) is 2.79. The Morgan fingerprint density at radius 1 is 1.27 bits per heavy atom. The first kappa shape index (κ1) is 19.2. The molecule has 138 valence electrons. The third-order valence-electron chi connectivity index (χ3n) is 3.36. The smallest absolute Gasteiger partial charge is 0.282 e. The number of nitrogens with one attached hydrogen (secondary N) is 1. The van der Waals surface area contributed by atoms with Crippen LogP contribution in [0.1, 0.15) is 22.5 Å². The van der Waals surface area contributed by atoms with Gasteiger partial charge in [-0.25, -0.2) is 9.98 Å². The summed E-state index contributed by atoms with van der Waals surface area (Å²) >= 11 is 0. The van der Waals surface area contributed by atoms with Crippen molar-refractivity contribution in [2.75, 3.05) is 31.4 Å². The van der Waals surface area contributed by atoms with Crippen LogP contribution in [0.2, 0.25) is 0 Å². The predicted octanol–water partition coefficient (Wildman–Crippen LogP) is 1.78. The highest BCUT2D eigenvalue weighted by atomic mass is 16.5. The topological polar surface area (TPSA) is 125 Å². The summed E-state index contributed by atoms with van der Waals surface area (Å²) in [5.74, 6) is -0.313. The number of rotatable bonds is 8. The number of aromatic nitrogens is 1. The minimum absolute atomic E-state index is 0.126. The SMILES string of the molecule is COCCCO/C(N)=N/Cc1cccc(NC(=O)c2ccc(N)cn2)c1. The second-order valence-electron chi connectivity index (χ2n) is 5.48. The molecular formula is C18H23N5O3. The van der Waals surface area contributed by atoms with Crippen molar-refractivity contribution in [2.24, 2.45) is 10.7 Å². The zero-order valence-electron chi connectivity index (χ0n) is 14.6. The van der Waals surface area contributed by atoms with E-state index in [2.05, 4.69) is 15.3 Å². The fourth-order valence-corrected chi connectivity index (χ4v) is 2.08. The van der Waals surface area contributed by atoms with Crippen LogP contribution in [0.15, 0.2) is 47.6 Å². The number of methoxy groups -OCH3 is 1. The number of pyridine rings is 1. The number of carbonyl (C=O) groups is 1. The minimum atomic E-state index is -0.313. The summed E-state index contributed by atoms with van der Waals surface area (Å²) in [7, 11) is 1.63. The molecule has 0 aliphatic carbocycles. The highest BCUT2D eigenvalue weighted by Gasteiger charge is 2.07. The molecule has 0 unspecified atom stereocenters. The van der Waals surface area contributed by atoms with Gasteiger partial charge >= 0.3 is 0 Å². The lowest BCUT2D eigenvalue weighted by Crippen LogP contribution is -2.18. The molecule has 1 amide bonds. The standard InChI is InChI=1S/C18H23N5O3/c1-25-8-3-9-26-18(20)22-11-13-4-2-5-15(10-13)23-17(24)16-7-6-14(19)12-21-16/h2,4-7,10,12H,3,8-9,11,19H2,1H3,(H2,20,22)(H,23,24). The molecular weight excluding hydrogens is 334 g/mol. The Morgan fingerprint density at radius 2 is 2.12 bits per heavy atom. The molecule has 0 fully saturated rings. The number of nitrogens with two attached hydrogens (primary N) is 2. The van der Waals surface area contributed by atoms with Crippen LogP contribution < -0.4 is 16.8 Å². The lowest BCUT2D eigenvalue weighted by Gasteiger charge is -2.07. The van der Waals surface area contributed by atoms with Crippen LogP contribution in [0.4, 0.5) is 11.4 Å². The van der Waals surface area contributed by atoms with E-state index < -0.39 is 0 Å². The van der Waals surface area contributed by atoms with Crippen LogP contribution in [0, 0.1) is 0 Å². The van der Waals surface area contributed by atoms with Gasteiger partial charge in [0.15, 0.2) is 0 Å². The molecule has 0 aliphatic heterocycles. The van der Waals surface area contributed by atoms with E-state index in [4.69, 9.17) is 20.9 Å². The molecule has 8 nitrogen and oxygen atoms in total. The first-order chi connectivity index (χ1) is 12.6. The summed E-state index contributed by atoms with van der Waals surface area (Å²) in [6.07, 6.45) is 2.18. The number of nitrogens with zero attached hydrogens (tertiary/aromatic N) is 2. The number of nitrogen functional groups attached to an aromatic ring is 1. The molecule has 1 aromatic carbocycles. The highest BCUT2D eigenvalue weighted by molar-refractivity contribution is 6.02. The average Bonchev–Trinajstić information content (AvgIpc) is 2.64. The lowest BCUT2D eigenvalue weighted by molar-refractivity contribution is 0.102. The van der Waals surface area contributed by atoms with E-state index in [0.29, 0.717) is 31.1 Å². The number of amides is 1. The van der Waals surface area contributed by atoms with Crippen LogP contribution in [-0.4, -0.2) is 37.2 Å². The minimum Gasteiger partial charge on any atom is -0.465 e. The van der Waals surface area contributed by atoms with Crippen molar-refractivity contribution in [3.63, 3.8) is 0 Å². The first-order valence-electron chi connectivity index (χ1n) is 8.12. The summed E-state index contributed by atoms with van der Waals surface area (Å²) in [6, 6.07) is 10.6. The van der Waals surface area contributed by atoms with Gasteiger partial charge in [-0.15, -0.1) is 0 Å². The van der Waals surface area contributed by atoms with Gasteiger partial charge in [0.05, 0.1) is 25.0 Å². The Labute approximate surface area is 152 Å². The molecule has 2 rings (SSSR count). The largest absolute Gasteiger partial charge is 0.465 e. The van der Waals surface area contributed by atoms with Gasteiger partial charge in [-0.05, 0) is 29.8 Å². The van der Waals surface area contributed by atoms with Crippen molar-refractivity contribution in [3.8, 4) is 0 Å². The van der Waals surface area contributed by atoms with Crippen molar-refractivity contribution in [3.05, 3.63) is 53.9 Å². The molecule has 0 aliphatic rings. The Kier molecular flexibility index (Phi) is 7.38. The Balaban J connectivity index is 1.90. The molecule has 0 bridgehead atoms. The Morgan fingerprint density at radius 3 is 2.85 bits per heavy atom. The van der Waals surface area contributed by atoms with Crippen molar-refractivity contribution in [1.82, 2.24) is 4.98 Å². The fourth-order valence-electron chi connectivity index (χ4n) is 2.08. The molecule has 0 spiro atoms. The predicted molar refractivity (Wildman–Crippen MR) is 101 cm³/mol. The zero-order chi connectivity index (χ0) is 18.8. The maximum Gasteiger partial charge on any atom is 0.282 e. The molecule has 26 heavy (non-hydrogen) atoms. The van der Waals surface area contributed by atoms with E-state index in [-0.39, 0.29) is 17.6 Å². The van der Waals surface area contributed by atoms with Crippen molar-refractivity contribution in [2.45, 2.75) is 13.0 Å². The van der Waals surface area contributed by atoms with Crippen molar-refractivity contribution < 1.29 is 14.3 Å². The van der Waals surface area contributed by atoms with Gasteiger partial charge in [0.1, 0.15) is 5.69 Å². The normalized spacial score (nSPS) is 11.2. The number of carbonyl (C=O) groups excluding carboxylic acids is 1. The van der Waals surface area contributed by atoms with Gasteiger partial charge in [-0.2, -0.15) is 0 Å². The number of hydrogen-bond acceptors (Lipinski definition) is 6. The van der Waals surface area contributed by atoms with Crippen LogP contribution >= 0.6 is 0 Å². The molecule has 2 aromatic rings. The lowest BCUT2D eigenvalue weighted by atomic mass is 10.2. The van der Waals surface area contributed by atoms with Gasteiger partial charge in [0, 0.05) is 25.8 Å². The molecule has 1 aromatic heterocycles. The molecule has 0 saturated heterocycles. The van der Waals surface area contributed by atoms with E-state index in [1.165, 1.54) is 6.20 Å². The molecule has 0 saturated carbocycles. The highest BCUT2D eigenvalue weighted by Crippen LogP contribution is 2.13. The average molecular weight is 357 g/mol. The maximum atomic E-state index is 12.2. The van der Waals surface area contributed by atoms with Gasteiger partial charge in [-0.1, -0.05) is 12.1 Å². The number of anilines is 2. The second-order valence-corrected chi connectivity index (χ2v) is 5.48. The zero-order valence-corrected chi connectivity index (χ0v) is 14.6. The molecule has 1 heterocycles. The Bertz CT molecular complexity index is 747. The third kappa shape index (κ3) is 6.40. The third-order valence-corrected chi connectivity index (χ3v) is 3.36. The van der Waals surface area contributed by atoms with Crippen molar-refractivity contribution in [1.29, 1.82) is 0 Å². The summed E-state index contributed by atoms with van der Waals surface area (Å²) < 4.78 is 10.2. The van der Waals surface area contributed by atoms with Crippen LogP contribution in [0.3, 0.4) is 0 Å². The molecule has 8 heteroatoms.